The van der Waals surface area contributed by atoms with Crippen LogP contribution in [-0.2, 0) is 21.3 Å². The Balaban J connectivity index is 2.19. The molecule has 2 heterocycles. The van der Waals surface area contributed by atoms with Crippen molar-refractivity contribution in [3.63, 3.8) is 0 Å². The molecule has 0 radical (unpaired) electrons. The van der Waals surface area contributed by atoms with Crippen LogP contribution in [0.3, 0.4) is 0 Å². The normalized spacial score (nSPS) is 23.9. The summed E-state index contributed by atoms with van der Waals surface area (Å²) in [5, 5.41) is 3.05. The van der Waals surface area contributed by atoms with Crippen molar-refractivity contribution < 1.29 is 13.2 Å². The lowest BCUT2D eigenvalue weighted by molar-refractivity contribution is 0.0387. The van der Waals surface area contributed by atoms with Gasteiger partial charge < -0.3 is 10.1 Å². The highest BCUT2D eigenvalue weighted by Crippen LogP contribution is 2.28. The molecule has 1 fully saturated rings. The van der Waals surface area contributed by atoms with E-state index in [1.54, 1.807) is 6.07 Å². The summed E-state index contributed by atoms with van der Waals surface area (Å²) in [5.74, 6) is 0. The Morgan fingerprint density at radius 2 is 2.25 bits per heavy atom. The Kier molecular flexibility index (Phi) is 4.86. The van der Waals surface area contributed by atoms with Crippen LogP contribution in [0.5, 0.6) is 0 Å². The van der Waals surface area contributed by atoms with Crippen molar-refractivity contribution in [3.8, 4) is 0 Å². The lowest BCUT2D eigenvalue weighted by atomic mass is 9.97. The molecule has 0 aliphatic carbocycles. The van der Waals surface area contributed by atoms with Gasteiger partial charge in [-0.1, -0.05) is 0 Å². The van der Waals surface area contributed by atoms with Gasteiger partial charge >= 0.3 is 0 Å². The summed E-state index contributed by atoms with van der Waals surface area (Å²) < 4.78 is 33.6. The minimum absolute atomic E-state index is 0.382. The third-order valence-corrected chi connectivity index (χ3v) is 6.77. The molecule has 0 aromatic carbocycles. The van der Waals surface area contributed by atoms with Gasteiger partial charge in [0.1, 0.15) is 4.21 Å². The van der Waals surface area contributed by atoms with E-state index in [0.717, 1.165) is 23.3 Å². The van der Waals surface area contributed by atoms with Gasteiger partial charge in [-0.25, -0.2) is 13.1 Å². The van der Waals surface area contributed by atoms with Crippen molar-refractivity contribution in [2.24, 2.45) is 0 Å². The lowest BCUT2D eigenvalue weighted by Gasteiger charge is -2.33. The van der Waals surface area contributed by atoms with E-state index in [1.165, 1.54) is 11.3 Å². The van der Waals surface area contributed by atoms with Gasteiger partial charge in [0.15, 0.2) is 0 Å². The standard InChI is InChI=1S/C13H22N2O3S2/c1-10-7-12(19-11(10)8-14-3)20(16,17)15-13(2)5-4-6-18-9-13/h7,14-15H,4-6,8-9H2,1-3H3. The van der Waals surface area contributed by atoms with Crippen molar-refractivity contribution in [3.05, 3.63) is 16.5 Å². The van der Waals surface area contributed by atoms with Crippen LogP contribution in [-0.4, -0.2) is 34.2 Å². The predicted molar refractivity (Wildman–Crippen MR) is 80.6 cm³/mol. The van der Waals surface area contributed by atoms with Crippen LogP contribution in [0, 0.1) is 6.92 Å². The monoisotopic (exact) mass is 318 g/mol. The Morgan fingerprint density at radius 3 is 2.85 bits per heavy atom. The van der Waals surface area contributed by atoms with E-state index in [-0.39, 0.29) is 0 Å². The van der Waals surface area contributed by atoms with Crippen LogP contribution < -0.4 is 10.0 Å². The molecule has 1 aliphatic heterocycles. The largest absolute Gasteiger partial charge is 0.380 e. The quantitative estimate of drug-likeness (QED) is 0.866. The molecule has 1 unspecified atom stereocenters. The fourth-order valence-corrected chi connectivity index (χ4v) is 5.37. The minimum Gasteiger partial charge on any atom is -0.380 e. The number of nitrogens with one attached hydrogen (secondary N) is 2. The van der Waals surface area contributed by atoms with Gasteiger partial charge in [0.05, 0.1) is 12.1 Å². The molecule has 0 amide bonds. The van der Waals surface area contributed by atoms with Gasteiger partial charge in [0.25, 0.3) is 10.0 Å². The van der Waals surface area contributed by atoms with E-state index in [2.05, 4.69) is 10.0 Å². The van der Waals surface area contributed by atoms with Gasteiger partial charge in [-0.15, -0.1) is 11.3 Å². The lowest BCUT2D eigenvalue weighted by Crippen LogP contribution is -2.51. The van der Waals surface area contributed by atoms with E-state index >= 15 is 0 Å². The summed E-state index contributed by atoms with van der Waals surface area (Å²) in [5.41, 5.74) is 0.507. The number of ether oxygens (including phenoxy) is 1. The maximum absolute atomic E-state index is 12.5. The molecule has 20 heavy (non-hydrogen) atoms. The summed E-state index contributed by atoms with van der Waals surface area (Å²) in [6.07, 6.45) is 1.69. The number of hydrogen-bond donors (Lipinski definition) is 2. The molecule has 114 valence electrons. The van der Waals surface area contributed by atoms with Crippen molar-refractivity contribution in [2.45, 2.75) is 43.0 Å². The molecular formula is C13H22N2O3S2. The van der Waals surface area contributed by atoms with E-state index in [9.17, 15) is 8.42 Å². The Morgan fingerprint density at radius 1 is 1.50 bits per heavy atom. The summed E-state index contributed by atoms with van der Waals surface area (Å²) >= 11 is 1.32. The average molecular weight is 318 g/mol. The predicted octanol–water partition coefficient (Wildman–Crippen LogP) is 1.62. The second-order valence-electron chi connectivity index (χ2n) is 5.52. The van der Waals surface area contributed by atoms with Gasteiger partial charge in [-0.2, -0.15) is 0 Å². The summed E-state index contributed by atoms with van der Waals surface area (Å²) in [7, 11) is -1.62. The topological polar surface area (TPSA) is 67.4 Å². The molecule has 0 bridgehead atoms. The summed E-state index contributed by atoms with van der Waals surface area (Å²) in [6, 6.07) is 1.74. The third kappa shape index (κ3) is 3.59. The van der Waals surface area contributed by atoms with E-state index in [1.807, 2.05) is 20.9 Å². The SMILES string of the molecule is CNCc1sc(S(=O)(=O)NC2(C)CCCOC2)cc1C. The van der Waals surface area contributed by atoms with Crippen LogP contribution in [0.15, 0.2) is 10.3 Å². The first-order valence-electron chi connectivity index (χ1n) is 6.72. The Labute approximate surface area is 124 Å². The molecule has 2 rings (SSSR count). The van der Waals surface area contributed by atoms with E-state index in [4.69, 9.17) is 4.74 Å². The molecule has 7 heteroatoms. The molecule has 1 aromatic heterocycles. The highest BCUT2D eigenvalue weighted by atomic mass is 32.2. The fraction of sp³-hybridized carbons (Fsp3) is 0.692. The van der Waals surface area contributed by atoms with Crippen LogP contribution in [0.2, 0.25) is 0 Å². The van der Waals surface area contributed by atoms with Crippen molar-refractivity contribution in [1.29, 1.82) is 0 Å². The number of hydrogen-bond acceptors (Lipinski definition) is 5. The van der Waals surface area contributed by atoms with Crippen molar-refractivity contribution in [2.75, 3.05) is 20.3 Å². The Hall–Kier alpha value is -0.470. The molecule has 1 aliphatic rings. The Bertz CT molecular complexity index is 560. The zero-order valence-electron chi connectivity index (χ0n) is 12.2. The molecule has 5 nitrogen and oxygen atoms in total. The van der Waals surface area contributed by atoms with Crippen molar-refractivity contribution in [1.82, 2.24) is 10.0 Å². The maximum Gasteiger partial charge on any atom is 0.250 e. The summed E-state index contributed by atoms with van der Waals surface area (Å²) in [4.78, 5) is 1.05. The molecule has 1 aromatic rings. The van der Waals surface area contributed by atoms with E-state index < -0.39 is 15.6 Å². The van der Waals surface area contributed by atoms with Crippen LogP contribution in [0.25, 0.3) is 0 Å². The average Bonchev–Trinajstić information content (AvgIpc) is 2.72. The van der Waals surface area contributed by atoms with Crippen molar-refractivity contribution >= 4 is 21.4 Å². The number of thiophene rings is 1. The van der Waals surface area contributed by atoms with E-state index in [0.29, 0.717) is 24.0 Å². The highest BCUT2D eigenvalue weighted by molar-refractivity contribution is 7.91. The van der Waals surface area contributed by atoms with Gasteiger partial charge in [0.2, 0.25) is 0 Å². The molecule has 0 saturated carbocycles. The zero-order chi connectivity index (χ0) is 14.8. The summed E-state index contributed by atoms with van der Waals surface area (Å²) in [6.45, 7) is 5.67. The van der Waals surface area contributed by atoms with Gasteiger partial charge in [-0.05, 0) is 45.4 Å². The molecular weight excluding hydrogens is 296 g/mol. The molecule has 1 atom stereocenters. The van der Waals surface area contributed by atoms with Crippen LogP contribution >= 0.6 is 11.3 Å². The first-order chi connectivity index (χ1) is 9.36. The van der Waals surface area contributed by atoms with Crippen LogP contribution in [0.1, 0.15) is 30.2 Å². The molecule has 0 spiro atoms. The zero-order valence-corrected chi connectivity index (χ0v) is 13.8. The second kappa shape index (κ2) is 6.11. The van der Waals surface area contributed by atoms with Gasteiger partial charge in [-0.3, -0.25) is 0 Å². The third-order valence-electron chi connectivity index (χ3n) is 3.42. The van der Waals surface area contributed by atoms with Crippen LogP contribution in [0.4, 0.5) is 0 Å². The fourth-order valence-electron chi connectivity index (χ4n) is 2.35. The first-order valence-corrected chi connectivity index (χ1v) is 9.02. The van der Waals surface area contributed by atoms with Gasteiger partial charge in [0, 0.05) is 18.0 Å². The molecule has 2 N–H and O–H groups in total. The smallest absolute Gasteiger partial charge is 0.250 e. The second-order valence-corrected chi connectivity index (χ2v) is 8.57. The minimum atomic E-state index is -3.48. The number of sulfonamides is 1. The number of aryl methyl sites for hydroxylation is 1. The number of rotatable bonds is 5. The highest BCUT2D eigenvalue weighted by Gasteiger charge is 2.33. The molecule has 1 saturated heterocycles. The maximum atomic E-state index is 12.5. The first kappa shape index (κ1) is 15.9.